The number of carbonyl (C=O) groups is 1. The molecule has 13 heavy (non-hydrogen) atoms. The van der Waals surface area contributed by atoms with Crippen LogP contribution in [0, 0.1) is 5.92 Å². The van der Waals surface area contributed by atoms with Crippen molar-refractivity contribution in [1.82, 2.24) is 5.32 Å². The molecule has 1 atom stereocenters. The highest BCUT2D eigenvalue weighted by Gasteiger charge is 2.34. The first-order valence-corrected chi connectivity index (χ1v) is 5.33. The van der Waals surface area contributed by atoms with Gasteiger partial charge in [-0.1, -0.05) is 13.8 Å². The summed E-state index contributed by atoms with van der Waals surface area (Å²) in [5.74, 6) is 1.03. The molecule has 1 N–H and O–H groups in total. The van der Waals surface area contributed by atoms with Crippen LogP contribution in [-0.4, -0.2) is 17.9 Å². The lowest BCUT2D eigenvalue weighted by Gasteiger charge is -2.22. The van der Waals surface area contributed by atoms with Gasteiger partial charge in [-0.15, -0.1) is 0 Å². The number of rotatable bonds is 4. The van der Waals surface area contributed by atoms with Crippen molar-refractivity contribution in [3.05, 3.63) is 0 Å². The van der Waals surface area contributed by atoms with Gasteiger partial charge in [0.05, 0.1) is 5.54 Å². The minimum absolute atomic E-state index is 0.200. The SMILES string of the molecule is CC(C)CCC(=O)C1(C)CCCN1. The van der Waals surface area contributed by atoms with Crippen molar-refractivity contribution in [3.8, 4) is 0 Å². The lowest BCUT2D eigenvalue weighted by Crippen LogP contribution is -2.44. The molecule has 1 heterocycles. The smallest absolute Gasteiger partial charge is 0.152 e. The molecule has 2 nitrogen and oxygen atoms in total. The Bertz CT molecular complexity index is 181. The summed E-state index contributed by atoms with van der Waals surface area (Å²) in [4.78, 5) is 11.8. The minimum atomic E-state index is -0.200. The van der Waals surface area contributed by atoms with E-state index in [0.717, 1.165) is 32.2 Å². The van der Waals surface area contributed by atoms with E-state index in [2.05, 4.69) is 19.2 Å². The normalized spacial score (nSPS) is 28.3. The van der Waals surface area contributed by atoms with Gasteiger partial charge < -0.3 is 5.32 Å². The van der Waals surface area contributed by atoms with Crippen LogP contribution in [0.15, 0.2) is 0 Å². The van der Waals surface area contributed by atoms with E-state index in [-0.39, 0.29) is 5.54 Å². The molecule has 1 aliphatic heterocycles. The molecule has 0 amide bonds. The van der Waals surface area contributed by atoms with Gasteiger partial charge in [0.25, 0.3) is 0 Å². The second-order valence-electron chi connectivity index (χ2n) is 4.72. The predicted octanol–water partition coefficient (Wildman–Crippen LogP) is 2.13. The van der Waals surface area contributed by atoms with Gasteiger partial charge in [-0.05, 0) is 38.6 Å². The van der Waals surface area contributed by atoms with Crippen molar-refractivity contribution in [2.75, 3.05) is 6.54 Å². The zero-order valence-electron chi connectivity index (χ0n) is 9.02. The van der Waals surface area contributed by atoms with Crippen LogP contribution in [0.2, 0.25) is 0 Å². The molecule has 0 bridgehead atoms. The molecule has 2 heteroatoms. The van der Waals surface area contributed by atoms with E-state index < -0.39 is 0 Å². The van der Waals surface area contributed by atoms with Crippen LogP contribution in [0.1, 0.15) is 46.5 Å². The summed E-state index contributed by atoms with van der Waals surface area (Å²) in [7, 11) is 0. The van der Waals surface area contributed by atoms with Gasteiger partial charge in [-0.3, -0.25) is 4.79 Å². The van der Waals surface area contributed by atoms with Gasteiger partial charge in [-0.25, -0.2) is 0 Å². The van der Waals surface area contributed by atoms with E-state index in [1.807, 2.05) is 6.92 Å². The van der Waals surface area contributed by atoms with Crippen molar-refractivity contribution in [3.63, 3.8) is 0 Å². The van der Waals surface area contributed by atoms with Crippen LogP contribution in [-0.2, 0) is 4.79 Å². The van der Waals surface area contributed by atoms with Gasteiger partial charge in [0.2, 0.25) is 0 Å². The molecule has 1 aliphatic rings. The van der Waals surface area contributed by atoms with Gasteiger partial charge in [-0.2, -0.15) is 0 Å². The molecule has 0 spiro atoms. The Hall–Kier alpha value is -0.370. The molecule has 0 aromatic heterocycles. The van der Waals surface area contributed by atoms with Gasteiger partial charge >= 0.3 is 0 Å². The molecule has 1 rings (SSSR count). The highest BCUT2D eigenvalue weighted by atomic mass is 16.1. The standard InChI is InChI=1S/C11H21NO/c1-9(2)5-6-10(13)11(3)7-4-8-12-11/h9,12H,4-8H2,1-3H3. The van der Waals surface area contributed by atoms with Crippen molar-refractivity contribution in [2.45, 2.75) is 52.0 Å². The van der Waals surface area contributed by atoms with E-state index in [0.29, 0.717) is 11.7 Å². The maximum Gasteiger partial charge on any atom is 0.152 e. The summed E-state index contributed by atoms with van der Waals surface area (Å²) < 4.78 is 0. The van der Waals surface area contributed by atoms with E-state index in [9.17, 15) is 4.79 Å². The van der Waals surface area contributed by atoms with Crippen molar-refractivity contribution in [2.24, 2.45) is 5.92 Å². The first-order chi connectivity index (χ1) is 6.04. The van der Waals surface area contributed by atoms with E-state index >= 15 is 0 Å². The van der Waals surface area contributed by atoms with Crippen LogP contribution < -0.4 is 5.32 Å². The van der Waals surface area contributed by atoms with E-state index in [1.54, 1.807) is 0 Å². The highest BCUT2D eigenvalue weighted by Crippen LogP contribution is 2.22. The third-order valence-electron chi connectivity index (χ3n) is 2.93. The Kier molecular flexibility index (Phi) is 3.48. The third-order valence-corrected chi connectivity index (χ3v) is 2.93. The summed E-state index contributed by atoms with van der Waals surface area (Å²) in [6.07, 6.45) is 3.92. The largest absolute Gasteiger partial charge is 0.305 e. The van der Waals surface area contributed by atoms with E-state index in [1.165, 1.54) is 0 Å². The molecular formula is C11H21NO. The number of hydrogen-bond donors (Lipinski definition) is 1. The molecule has 1 unspecified atom stereocenters. The van der Waals surface area contributed by atoms with Gasteiger partial charge in [0.1, 0.15) is 0 Å². The quantitative estimate of drug-likeness (QED) is 0.723. The first-order valence-electron chi connectivity index (χ1n) is 5.33. The number of ketones is 1. The van der Waals surface area contributed by atoms with E-state index in [4.69, 9.17) is 0 Å². The zero-order valence-corrected chi connectivity index (χ0v) is 9.02. The fourth-order valence-electron chi connectivity index (χ4n) is 1.83. The van der Waals surface area contributed by atoms with Crippen LogP contribution in [0.5, 0.6) is 0 Å². The average molecular weight is 183 g/mol. The summed E-state index contributed by atoms with van der Waals surface area (Å²) in [6.45, 7) is 7.38. The summed E-state index contributed by atoms with van der Waals surface area (Å²) in [5.41, 5.74) is -0.200. The second-order valence-corrected chi connectivity index (χ2v) is 4.72. The van der Waals surface area contributed by atoms with Gasteiger partial charge in [0.15, 0.2) is 5.78 Å². The Balaban J connectivity index is 2.38. The topological polar surface area (TPSA) is 29.1 Å². The van der Waals surface area contributed by atoms with Crippen molar-refractivity contribution in [1.29, 1.82) is 0 Å². The first kappa shape index (κ1) is 10.7. The third kappa shape index (κ3) is 2.80. The van der Waals surface area contributed by atoms with Crippen LogP contribution >= 0.6 is 0 Å². The monoisotopic (exact) mass is 183 g/mol. The average Bonchev–Trinajstić information content (AvgIpc) is 2.49. The number of hydrogen-bond acceptors (Lipinski definition) is 2. The molecule has 0 aromatic rings. The Morgan fingerprint density at radius 3 is 2.69 bits per heavy atom. The maximum atomic E-state index is 11.8. The molecule has 0 aliphatic carbocycles. The summed E-state index contributed by atoms with van der Waals surface area (Å²) in [5, 5.41) is 3.31. The number of Topliss-reactive ketones (excluding diaryl/α,β-unsaturated/α-hetero) is 1. The summed E-state index contributed by atoms with van der Waals surface area (Å²) >= 11 is 0. The molecule has 1 fully saturated rings. The van der Waals surface area contributed by atoms with Crippen LogP contribution in [0.25, 0.3) is 0 Å². The Morgan fingerprint density at radius 1 is 1.54 bits per heavy atom. The second kappa shape index (κ2) is 4.23. The Labute approximate surface area is 81.1 Å². The fourth-order valence-corrected chi connectivity index (χ4v) is 1.83. The molecular weight excluding hydrogens is 162 g/mol. The molecule has 0 aromatic carbocycles. The predicted molar refractivity (Wildman–Crippen MR) is 54.7 cm³/mol. The molecule has 0 saturated carbocycles. The van der Waals surface area contributed by atoms with Gasteiger partial charge in [0, 0.05) is 6.42 Å². The highest BCUT2D eigenvalue weighted by molar-refractivity contribution is 5.88. The molecule has 1 saturated heterocycles. The van der Waals surface area contributed by atoms with Crippen molar-refractivity contribution >= 4 is 5.78 Å². The van der Waals surface area contributed by atoms with Crippen molar-refractivity contribution < 1.29 is 4.79 Å². The molecule has 76 valence electrons. The van der Waals surface area contributed by atoms with Crippen LogP contribution in [0.4, 0.5) is 0 Å². The zero-order chi connectivity index (χ0) is 9.90. The maximum absolute atomic E-state index is 11.8. The number of carbonyl (C=O) groups excluding carboxylic acids is 1. The minimum Gasteiger partial charge on any atom is -0.305 e. The number of nitrogens with one attached hydrogen (secondary N) is 1. The van der Waals surface area contributed by atoms with Crippen LogP contribution in [0.3, 0.4) is 0 Å². The summed E-state index contributed by atoms with van der Waals surface area (Å²) in [6, 6.07) is 0. The fraction of sp³-hybridized carbons (Fsp3) is 0.909. The lowest BCUT2D eigenvalue weighted by atomic mass is 9.90. The lowest BCUT2D eigenvalue weighted by molar-refractivity contribution is -0.124. The molecule has 0 radical (unpaired) electrons. The Morgan fingerprint density at radius 2 is 2.23 bits per heavy atom.